The van der Waals surface area contributed by atoms with Crippen LogP contribution in [0.1, 0.15) is 12.0 Å². The van der Waals surface area contributed by atoms with Gasteiger partial charge in [-0.25, -0.2) is 13.4 Å². The minimum atomic E-state index is -3.16. The van der Waals surface area contributed by atoms with Crippen LogP contribution in [0, 0.1) is 0 Å². The molecule has 1 atom stereocenters. The molecule has 2 aromatic rings. The van der Waals surface area contributed by atoms with Gasteiger partial charge in [0.05, 0.1) is 9.92 Å². The number of hydrogen-bond donors (Lipinski definition) is 2. The van der Waals surface area contributed by atoms with E-state index in [4.69, 9.17) is 11.6 Å². The molecule has 1 aromatic heterocycles. The van der Waals surface area contributed by atoms with E-state index in [9.17, 15) is 8.42 Å². The van der Waals surface area contributed by atoms with Crippen LogP contribution in [0.3, 0.4) is 0 Å². The van der Waals surface area contributed by atoms with Gasteiger partial charge < -0.3 is 15.5 Å². The predicted octanol–water partition coefficient (Wildman–Crippen LogP) is 2.74. The van der Waals surface area contributed by atoms with Crippen LogP contribution in [-0.4, -0.2) is 58.3 Å². The molecule has 2 N–H and O–H groups in total. The van der Waals surface area contributed by atoms with E-state index in [1.807, 2.05) is 24.3 Å². The van der Waals surface area contributed by atoms with E-state index < -0.39 is 9.84 Å². The van der Waals surface area contributed by atoms with Gasteiger partial charge in [0.2, 0.25) is 0 Å². The third-order valence-corrected chi connectivity index (χ3v) is 6.27. The molecule has 1 aliphatic heterocycles. The van der Waals surface area contributed by atoms with E-state index in [1.54, 1.807) is 25.4 Å². The number of benzene rings is 1. The number of pyridine rings is 1. The van der Waals surface area contributed by atoms with Gasteiger partial charge in [-0.05, 0) is 42.7 Å². The Bertz CT molecular complexity index is 969. The summed E-state index contributed by atoms with van der Waals surface area (Å²) in [6.07, 6.45) is 4.71. The van der Waals surface area contributed by atoms with Gasteiger partial charge in [0.25, 0.3) is 0 Å². The smallest absolute Gasteiger partial charge is 0.191 e. The number of anilines is 1. The van der Waals surface area contributed by atoms with Crippen molar-refractivity contribution in [3.63, 3.8) is 0 Å². The first kappa shape index (κ1) is 24.7. The molecule has 0 saturated carbocycles. The van der Waals surface area contributed by atoms with Gasteiger partial charge in [-0.3, -0.25) is 4.99 Å². The van der Waals surface area contributed by atoms with Crippen LogP contribution < -0.4 is 15.5 Å². The van der Waals surface area contributed by atoms with Crippen molar-refractivity contribution in [2.24, 2.45) is 4.99 Å². The van der Waals surface area contributed by atoms with E-state index in [2.05, 4.69) is 25.5 Å². The quantitative estimate of drug-likeness (QED) is 0.319. The summed E-state index contributed by atoms with van der Waals surface area (Å²) in [5.74, 6) is 1.57. The Balaban J connectivity index is 0.00000320. The monoisotopic (exact) mass is 563 g/mol. The van der Waals surface area contributed by atoms with Crippen LogP contribution >= 0.6 is 35.6 Å². The minimum absolute atomic E-state index is 0. The number of nitrogens with one attached hydrogen (secondary N) is 2. The number of nitrogens with zero attached hydrogens (tertiary/aromatic N) is 3. The zero-order valence-electron chi connectivity index (χ0n) is 17.0. The Morgan fingerprint density at radius 2 is 2.03 bits per heavy atom. The molecule has 0 bridgehead atoms. The first-order chi connectivity index (χ1) is 13.9. The fourth-order valence-electron chi connectivity index (χ4n) is 3.30. The van der Waals surface area contributed by atoms with Gasteiger partial charge in [0.15, 0.2) is 15.8 Å². The molecule has 1 aliphatic rings. The van der Waals surface area contributed by atoms with Gasteiger partial charge in [0, 0.05) is 45.2 Å². The summed E-state index contributed by atoms with van der Waals surface area (Å²) in [5.41, 5.74) is 1.07. The summed E-state index contributed by atoms with van der Waals surface area (Å²) < 4.78 is 23.1. The molecule has 0 spiro atoms. The van der Waals surface area contributed by atoms with Crippen molar-refractivity contribution in [2.45, 2.75) is 23.8 Å². The lowest BCUT2D eigenvalue weighted by molar-refractivity contribution is 0.602. The highest BCUT2D eigenvalue weighted by molar-refractivity contribution is 14.0. The highest BCUT2D eigenvalue weighted by Crippen LogP contribution is 2.25. The molecule has 30 heavy (non-hydrogen) atoms. The lowest BCUT2D eigenvalue weighted by Gasteiger charge is -2.20. The topological polar surface area (TPSA) is 86.7 Å². The maximum absolute atomic E-state index is 11.5. The summed E-state index contributed by atoms with van der Waals surface area (Å²) in [6.45, 7) is 2.39. The van der Waals surface area contributed by atoms with E-state index >= 15 is 0 Å². The third-order valence-electron chi connectivity index (χ3n) is 4.85. The zero-order chi connectivity index (χ0) is 20.9. The number of hydrogen-bond acceptors (Lipinski definition) is 5. The second-order valence-electron chi connectivity index (χ2n) is 7.05. The van der Waals surface area contributed by atoms with Crippen LogP contribution in [0.25, 0.3) is 0 Å². The Hall–Kier alpha value is -1.59. The number of guanidine groups is 1. The lowest BCUT2D eigenvalue weighted by Crippen LogP contribution is -2.45. The van der Waals surface area contributed by atoms with E-state index in [1.165, 1.54) is 6.26 Å². The minimum Gasteiger partial charge on any atom is -0.356 e. The number of aromatic nitrogens is 1. The van der Waals surface area contributed by atoms with Crippen molar-refractivity contribution in [2.75, 3.05) is 37.8 Å². The van der Waals surface area contributed by atoms with Crippen LogP contribution in [0.5, 0.6) is 0 Å². The summed E-state index contributed by atoms with van der Waals surface area (Å²) in [6, 6.07) is 10.9. The van der Waals surface area contributed by atoms with Gasteiger partial charge in [0.1, 0.15) is 5.82 Å². The summed E-state index contributed by atoms with van der Waals surface area (Å²) in [4.78, 5) is 11.2. The molecule has 2 heterocycles. The van der Waals surface area contributed by atoms with Crippen molar-refractivity contribution in [1.82, 2.24) is 15.6 Å². The zero-order valence-corrected chi connectivity index (χ0v) is 20.9. The Morgan fingerprint density at radius 1 is 1.30 bits per heavy atom. The standard InChI is InChI=1S/C20H26ClN5O2S.HI/c1-22-20(24-12-9-15-5-7-17(8-6-15)29(2,27)28)25-16-10-13-26(14-16)19-18(21)4-3-11-23-19;/h3-8,11,16H,9-10,12-14H2,1-2H3,(H2,22,24,25);1H. The molecule has 1 fully saturated rings. The van der Waals surface area contributed by atoms with Crippen molar-refractivity contribution >= 4 is 57.2 Å². The van der Waals surface area contributed by atoms with Crippen molar-refractivity contribution in [1.29, 1.82) is 0 Å². The average Bonchev–Trinajstić information content (AvgIpc) is 3.15. The lowest BCUT2D eigenvalue weighted by atomic mass is 10.1. The summed E-state index contributed by atoms with van der Waals surface area (Å²) in [5, 5.41) is 7.43. The van der Waals surface area contributed by atoms with Crippen LogP contribution in [0.15, 0.2) is 52.5 Å². The molecule has 3 rings (SSSR count). The molecular formula is C20H27ClIN5O2S. The molecule has 164 valence electrons. The number of aliphatic imine (C=N–C) groups is 1. The molecule has 1 aromatic carbocycles. The van der Waals surface area contributed by atoms with Crippen LogP contribution in [-0.2, 0) is 16.3 Å². The average molecular weight is 564 g/mol. The van der Waals surface area contributed by atoms with Gasteiger partial charge in [-0.1, -0.05) is 23.7 Å². The summed E-state index contributed by atoms with van der Waals surface area (Å²) in [7, 11) is -1.41. The van der Waals surface area contributed by atoms with E-state index in [0.717, 1.165) is 43.3 Å². The Kier molecular flexibility index (Phi) is 9.17. The van der Waals surface area contributed by atoms with Gasteiger partial charge >= 0.3 is 0 Å². The number of halogens is 2. The van der Waals surface area contributed by atoms with Crippen LogP contribution in [0.2, 0.25) is 5.02 Å². The maximum Gasteiger partial charge on any atom is 0.191 e. The second-order valence-corrected chi connectivity index (χ2v) is 9.47. The largest absolute Gasteiger partial charge is 0.356 e. The molecule has 1 saturated heterocycles. The van der Waals surface area contributed by atoms with E-state index in [0.29, 0.717) is 16.5 Å². The second kappa shape index (κ2) is 11.1. The van der Waals surface area contributed by atoms with Crippen LogP contribution in [0.4, 0.5) is 5.82 Å². The van der Waals surface area contributed by atoms with Crippen molar-refractivity contribution < 1.29 is 8.42 Å². The normalized spacial score (nSPS) is 16.8. The Labute approximate surface area is 200 Å². The highest BCUT2D eigenvalue weighted by atomic mass is 127. The van der Waals surface area contributed by atoms with Gasteiger partial charge in [-0.15, -0.1) is 24.0 Å². The molecule has 0 radical (unpaired) electrons. The van der Waals surface area contributed by atoms with Gasteiger partial charge in [-0.2, -0.15) is 0 Å². The maximum atomic E-state index is 11.5. The molecule has 0 aliphatic carbocycles. The predicted molar refractivity (Wildman–Crippen MR) is 133 cm³/mol. The first-order valence-corrected chi connectivity index (χ1v) is 11.8. The summed E-state index contributed by atoms with van der Waals surface area (Å²) >= 11 is 6.25. The van der Waals surface area contributed by atoms with Crippen molar-refractivity contribution in [3.05, 3.63) is 53.2 Å². The SMILES string of the molecule is CN=C(NCCc1ccc(S(C)(=O)=O)cc1)NC1CCN(c2ncccc2Cl)C1.I. The molecule has 10 heteroatoms. The molecule has 1 unspecified atom stereocenters. The Morgan fingerprint density at radius 3 is 2.67 bits per heavy atom. The number of rotatable bonds is 6. The van der Waals surface area contributed by atoms with E-state index in [-0.39, 0.29) is 30.0 Å². The first-order valence-electron chi connectivity index (χ1n) is 9.48. The molecular weight excluding hydrogens is 537 g/mol. The molecule has 0 amide bonds. The van der Waals surface area contributed by atoms with Crippen molar-refractivity contribution in [3.8, 4) is 0 Å². The molecule has 7 nitrogen and oxygen atoms in total. The fraction of sp³-hybridized carbons (Fsp3) is 0.400. The third kappa shape index (κ3) is 6.71. The highest BCUT2D eigenvalue weighted by Gasteiger charge is 2.25. The fourth-order valence-corrected chi connectivity index (χ4v) is 4.17. The number of sulfone groups is 1.